The van der Waals surface area contributed by atoms with Crippen LogP contribution in [0.3, 0.4) is 0 Å². The number of benzene rings is 1. The molecule has 0 radical (unpaired) electrons. The minimum Gasteiger partial charge on any atom is -0.398 e. The van der Waals surface area contributed by atoms with Crippen LogP contribution in [0.4, 0.5) is 5.69 Å². The number of sulfonamides is 1. The van der Waals surface area contributed by atoms with Crippen LogP contribution < -0.4 is 10.5 Å². The van der Waals surface area contributed by atoms with Crippen LogP contribution in [-0.4, -0.2) is 41.9 Å². The lowest BCUT2D eigenvalue weighted by molar-refractivity contribution is 0.0736. The van der Waals surface area contributed by atoms with Crippen molar-refractivity contribution in [2.24, 2.45) is 0 Å². The molecule has 0 aromatic heterocycles. The Morgan fingerprint density at radius 1 is 1.22 bits per heavy atom. The number of para-hydroxylation sites is 1. The van der Waals surface area contributed by atoms with E-state index in [0.29, 0.717) is 13.2 Å². The van der Waals surface area contributed by atoms with E-state index >= 15 is 0 Å². The number of anilines is 1. The SMILES string of the molecule is COCCOCCNS(=O)(=O)c1ccccc1N. The van der Waals surface area contributed by atoms with Crippen molar-refractivity contribution in [1.82, 2.24) is 4.72 Å². The molecule has 0 aliphatic carbocycles. The van der Waals surface area contributed by atoms with E-state index in [0.717, 1.165) is 0 Å². The Kier molecular flexibility index (Phi) is 6.06. The second-order valence-electron chi connectivity index (χ2n) is 3.54. The molecule has 1 aromatic carbocycles. The fraction of sp³-hybridized carbons (Fsp3) is 0.455. The van der Waals surface area contributed by atoms with Crippen LogP contribution in [0, 0.1) is 0 Å². The van der Waals surface area contributed by atoms with Gasteiger partial charge in [-0.05, 0) is 12.1 Å². The molecule has 7 heteroatoms. The molecule has 102 valence electrons. The lowest BCUT2D eigenvalue weighted by atomic mass is 10.3. The fourth-order valence-electron chi connectivity index (χ4n) is 1.30. The first-order valence-electron chi connectivity index (χ1n) is 5.49. The fourth-order valence-corrected chi connectivity index (χ4v) is 2.44. The molecule has 6 nitrogen and oxygen atoms in total. The Hall–Kier alpha value is -1.15. The van der Waals surface area contributed by atoms with Crippen molar-refractivity contribution in [2.75, 3.05) is 39.2 Å². The minimum atomic E-state index is -3.57. The number of hydrogen-bond donors (Lipinski definition) is 2. The summed E-state index contributed by atoms with van der Waals surface area (Å²) < 4.78 is 36.1. The van der Waals surface area contributed by atoms with Crippen molar-refractivity contribution in [3.05, 3.63) is 24.3 Å². The van der Waals surface area contributed by atoms with Gasteiger partial charge in [0.1, 0.15) is 4.90 Å². The van der Waals surface area contributed by atoms with E-state index in [1.54, 1.807) is 25.3 Å². The Balaban J connectivity index is 2.44. The highest BCUT2D eigenvalue weighted by Gasteiger charge is 2.15. The Morgan fingerprint density at radius 3 is 2.61 bits per heavy atom. The standard InChI is InChI=1S/C11H18N2O4S/c1-16-8-9-17-7-6-13-18(14,15)11-5-3-2-4-10(11)12/h2-5,13H,6-9,12H2,1H3. The third-order valence-electron chi connectivity index (χ3n) is 2.18. The molecule has 0 fully saturated rings. The largest absolute Gasteiger partial charge is 0.398 e. The van der Waals surface area contributed by atoms with Crippen molar-refractivity contribution in [3.63, 3.8) is 0 Å². The molecule has 0 aliphatic heterocycles. The maximum atomic E-state index is 11.9. The van der Waals surface area contributed by atoms with Gasteiger partial charge >= 0.3 is 0 Å². The van der Waals surface area contributed by atoms with Crippen LogP contribution >= 0.6 is 0 Å². The predicted octanol–water partition coefficient (Wildman–Crippen LogP) is 0.210. The number of nitrogen functional groups attached to an aromatic ring is 1. The van der Waals surface area contributed by atoms with Gasteiger partial charge in [0.2, 0.25) is 10.0 Å². The maximum Gasteiger partial charge on any atom is 0.242 e. The van der Waals surface area contributed by atoms with E-state index in [9.17, 15) is 8.42 Å². The molecule has 0 unspecified atom stereocenters. The van der Waals surface area contributed by atoms with E-state index in [2.05, 4.69) is 4.72 Å². The molecular formula is C11H18N2O4S. The molecule has 0 saturated heterocycles. The first-order chi connectivity index (χ1) is 8.58. The molecule has 0 heterocycles. The molecule has 0 aliphatic rings. The second-order valence-corrected chi connectivity index (χ2v) is 5.28. The Labute approximate surface area is 107 Å². The number of ether oxygens (including phenoxy) is 2. The van der Waals surface area contributed by atoms with Gasteiger partial charge in [0, 0.05) is 13.7 Å². The molecule has 0 saturated carbocycles. The zero-order valence-corrected chi connectivity index (χ0v) is 11.1. The van der Waals surface area contributed by atoms with Crippen molar-refractivity contribution < 1.29 is 17.9 Å². The number of rotatable bonds is 8. The van der Waals surface area contributed by atoms with Gasteiger partial charge in [-0.1, -0.05) is 12.1 Å². The predicted molar refractivity (Wildman–Crippen MR) is 68.7 cm³/mol. The lowest BCUT2D eigenvalue weighted by Crippen LogP contribution is -2.28. The Morgan fingerprint density at radius 2 is 1.94 bits per heavy atom. The maximum absolute atomic E-state index is 11.9. The van der Waals surface area contributed by atoms with Gasteiger partial charge in [0.15, 0.2) is 0 Å². The normalized spacial score (nSPS) is 11.6. The van der Waals surface area contributed by atoms with Crippen LogP contribution in [-0.2, 0) is 19.5 Å². The quantitative estimate of drug-likeness (QED) is 0.522. The first-order valence-corrected chi connectivity index (χ1v) is 6.97. The summed E-state index contributed by atoms with van der Waals surface area (Å²) in [6.45, 7) is 1.40. The summed E-state index contributed by atoms with van der Waals surface area (Å²) in [5.41, 5.74) is 5.84. The monoisotopic (exact) mass is 274 g/mol. The highest BCUT2D eigenvalue weighted by molar-refractivity contribution is 7.89. The summed E-state index contributed by atoms with van der Waals surface area (Å²) in [5, 5.41) is 0. The van der Waals surface area contributed by atoms with Crippen LogP contribution in [0.5, 0.6) is 0 Å². The zero-order chi connectivity index (χ0) is 13.4. The van der Waals surface area contributed by atoms with Crippen molar-refractivity contribution in [1.29, 1.82) is 0 Å². The van der Waals surface area contributed by atoms with Crippen LogP contribution in [0.15, 0.2) is 29.2 Å². The van der Waals surface area contributed by atoms with Gasteiger partial charge in [-0.3, -0.25) is 0 Å². The van der Waals surface area contributed by atoms with Crippen LogP contribution in [0.25, 0.3) is 0 Å². The average molecular weight is 274 g/mol. The molecule has 0 spiro atoms. The summed E-state index contributed by atoms with van der Waals surface area (Å²) in [6.07, 6.45) is 0. The highest BCUT2D eigenvalue weighted by atomic mass is 32.2. The van der Waals surface area contributed by atoms with Gasteiger partial charge < -0.3 is 15.2 Å². The third kappa shape index (κ3) is 4.61. The number of nitrogens with one attached hydrogen (secondary N) is 1. The summed E-state index contributed by atoms with van der Waals surface area (Å²) in [4.78, 5) is 0.0851. The number of hydrogen-bond acceptors (Lipinski definition) is 5. The van der Waals surface area contributed by atoms with Gasteiger partial charge in [-0.25, -0.2) is 13.1 Å². The lowest BCUT2D eigenvalue weighted by Gasteiger charge is -2.09. The van der Waals surface area contributed by atoms with Gasteiger partial charge in [0.25, 0.3) is 0 Å². The summed E-state index contributed by atoms with van der Waals surface area (Å²) in [5.74, 6) is 0. The molecule has 0 amide bonds. The topological polar surface area (TPSA) is 90.6 Å². The second kappa shape index (κ2) is 7.32. The van der Waals surface area contributed by atoms with E-state index in [4.69, 9.17) is 15.2 Å². The molecule has 18 heavy (non-hydrogen) atoms. The third-order valence-corrected chi connectivity index (χ3v) is 3.71. The van der Waals surface area contributed by atoms with Gasteiger partial charge in [-0.2, -0.15) is 0 Å². The summed E-state index contributed by atoms with van der Waals surface area (Å²) >= 11 is 0. The van der Waals surface area contributed by atoms with E-state index in [-0.39, 0.29) is 23.7 Å². The molecule has 0 atom stereocenters. The number of nitrogens with two attached hydrogens (primary N) is 1. The van der Waals surface area contributed by atoms with E-state index in [1.165, 1.54) is 6.07 Å². The minimum absolute atomic E-state index is 0.0851. The van der Waals surface area contributed by atoms with Crippen LogP contribution in [0.1, 0.15) is 0 Å². The van der Waals surface area contributed by atoms with E-state index < -0.39 is 10.0 Å². The summed E-state index contributed by atoms with van der Waals surface area (Å²) in [7, 11) is -2.00. The molecule has 3 N–H and O–H groups in total. The molecular weight excluding hydrogens is 256 g/mol. The van der Waals surface area contributed by atoms with Crippen molar-refractivity contribution in [2.45, 2.75) is 4.90 Å². The van der Waals surface area contributed by atoms with Gasteiger partial charge in [-0.15, -0.1) is 0 Å². The first kappa shape index (κ1) is 14.9. The van der Waals surface area contributed by atoms with Crippen LogP contribution in [0.2, 0.25) is 0 Å². The molecule has 1 aromatic rings. The number of methoxy groups -OCH3 is 1. The smallest absolute Gasteiger partial charge is 0.242 e. The summed E-state index contributed by atoms with van der Waals surface area (Å²) in [6, 6.07) is 6.31. The molecule has 0 bridgehead atoms. The Bertz CT molecular complexity index is 462. The van der Waals surface area contributed by atoms with E-state index in [1.807, 2.05) is 0 Å². The highest BCUT2D eigenvalue weighted by Crippen LogP contribution is 2.16. The van der Waals surface area contributed by atoms with Crippen molar-refractivity contribution >= 4 is 15.7 Å². The molecule has 1 rings (SSSR count). The zero-order valence-electron chi connectivity index (χ0n) is 10.3. The van der Waals surface area contributed by atoms with Gasteiger partial charge in [0.05, 0.1) is 25.5 Å². The van der Waals surface area contributed by atoms with Crippen molar-refractivity contribution in [3.8, 4) is 0 Å². The average Bonchev–Trinajstić information content (AvgIpc) is 2.34.